The van der Waals surface area contributed by atoms with Crippen LogP contribution in [0, 0.1) is 0 Å². The van der Waals surface area contributed by atoms with Gasteiger partial charge in [0, 0.05) is 19.8 Å². The molecular weight excluding hydrogens is 1510 g/mol. The average molecular weight is 1640 g/mol. The maximum Gasteiger partial charge on any atom is 0.494 e. The zero-order valence-electron chi connectivity index (χ0n) is 71.6. The Bertz CT molecular complexity index is 4160. The molecule has 0 atom stereocenters. The van der Waals surface area contributed by atoms with Gasteiger partial charge in [-0.1, -0.05) is 284 Å². The molecule has 0 spiro atoms. The van der Waals surface area contributed by atoms with E-state index >= 15 is 0 Å². The first-order valence-corrected chi connectivity index (χ1v) is 44.4. The fourth-order valence-electron chi connectivity index (χ4n) is 17.4. The van der Waals surface area contributed by atoms with Gasteiger partial charge in [0.05, 0.1) is 44.8 Å². The van der Waals surface area contributed by atoms with E-state index in [1.54, 1.807) is 11.1 Å². The highest BCUT2D eigenvalue weighted by molar-refractivity contribution is 9.10. The molecule has 0 N–H and O–H groups in total. The number of hydrogen-bond acceptors (Lipinski definition) is 8. The highest BCUT2D eigenvalue weighted by Crippen LogP contribution is 2.58. The predicted octanol–water partition coefficient (Wildman–Crippen LogP) is 26.8. The summed E-state index contributed by atoms with van der Waals surface area (Å²) in [4.78, 5) is 0. The van der Waals surface area contributed by atoms with Crippen molar-refractivity contribution >= 4 is 71.0 Å². The Balaban J connectivity index is 0.000000176. The second kappa shape index (κ2) is 34.7. The lowest BCUT2D eigenvalue weighted by molar-refractivity contribution is 0.00578. The van der Waals surface area contributed by atoms with Crippen LogP contribution in [0.1, 0.15) is 289 Å². The Morgan fingerprint density at radius 3 is 0.643 bits per heavy atom. The molecule has 6 aliphatic rings. The van der Waals surface area contributed by atoms with Crippen molar-refractivity contribution in [3.8, 4) is 66.8 Å². The number of benzene rings is 8. The van der Waals surface area contributed by atoms with Crippen LogP contribution >= 0.6 is 31.9 Å². The third-order valence-electron chi connectivity index (χ3n) is 27.2. The largest absolute Gasteiger partial charge is 0.494 e. The van der Waals surface area contributed by atoms with Crippen LogP contribution in [0.25, 0.3) is 66.8 Å². The van der Waals surface area contributed by atoms with Crippen molar-refractivity contribution in [3.63, 3.8) is 0 Å². The van der Waals surface area contributed by atoms with E-state index in [4.69, 9.17) is 37.2 Å². The Morgan fingerprint density at radius 1 is 0.232 bits per heavy atom. The molecule has 14 heteroatoms. The average Bonchev–Trinajstić information content (AvgIpc) is 1.56. The Labute approximate surface area is 693 Å². The molecule has 4 aliphatic heterocycles. The number of hydrogen-bond donors (Lipinski definition) is 0. The van der Waals surface area contributed by atoms with Gasteiger partial charge in [-0.2, -0.15) is 0 Å². The molecule has 4 fully saturated rings. The van der Waals surface area contributed by atoms with Crippen molar-refractivity contribution < 1.29 is 37.2 Å². The van der Waals surface area contributed by atoms with Crippen molar-refractivity contribution in [1.29, 1.82) is 0 Å². The minimum atomic E-state index is -0.476. The summed E-state index contributed by atoms with van der Waals surface area (Å²) in [6.45, 7) is 42.4. The highest BCUT2D eigenvalue weighted by Gasteiger charge is 2.64. The molecule has 14 rings (SSSR count). The summed E-state index contributed by atoms with van der Waals surface area (Å²) < 4.78 is 51.6. The van der Waals surface area contributed by atoms with Gasteiger partial charge >= 0.3 is 28.3 Å². The summed E-state index contributed by atoms with van der Waals surface area (Å²) in [5.41, 5.74) is 21.4. The van der Waals surface area contributed by atoms with Crippen LogP contribution in [0.4, 0.5) is 0 Å². The summed E-state index contributed by atoms with van der Waals surface area (Å²) in [7, 11) is -1.67. The van der Waals surface area contributed by atoms with Crippen molar-refractivity contribution in [2.75, 3.05) is 0 Å². The zero-order chi connectivity index (χ0) is 80.5. The van der Waals surface area contributed by atoms with Crippen LogP contribution in [0.2, 0.25) is 0 Å². The van der Waals surface area contributed by atoms with Crippen LogP contribution in [0.5, 0.6) is 0 Å². The topological polar surface area (TPSA) is 73.8 Å². The third kappa shape index (κ3) is 17.9. The molecule has 594 valence electrons. The fourth-order valence-corrected chi connectivity index (χ4v) is 17.9. The first-order valence-electron chi connectivity index (χ1n) is 42.8. The molecule has 0 amide bonds. The van der Waals surface area contributed by atoms with Gasteiger partial charge in [-0.3, -0.25) is 0 Å². The Morgan fingerprint density at radius 2 is 0.429 bits per heavy atom. The van der Waals surface area contributed by atoms with Crippen molar-refractivity contribution in [2.45, 2.75) is 323 Å². The van der Waals surface area contributed by atoms with Gasteiger partial charge in [-0.05, 0) is 285 Å². The summed E-state index contributed by atoms with van der Waals surface area (Å²) >= 11 is 7.23. The first-order chi connectivity index (χ1) is 53.0. The lowest BCUT2D eigenvalue weighted by Gasteiger charge is -2.33. The molecule has 0 aromatic heterocycles. The van der Waals surface area contributed by atoms with Gasteiger partial charge in [0.2, 0.25) is 0 Å². The molecule has 8 aromatic carbocycles. The van der Waals surface area contributed by atoms with E-state index in [1.807, 2.05) is 55.4 Å². The predicted molar refractivity (Wildman–Crippen MR) is 481 cm³/mol. The smallest absolute Gasteiger partial charge is 0.405 e. The van der Waals surface area contributed by atoms with Gasteiger partial charge in [-0.25, -0.2) is 0 Å². The molecule has 0 saturated carbocycles. The SMILES string of the molecule is CC1(C)OB(B2OC(C)(C)C(C)(C)O2)OC1(C)C.CCCCCCC1(CCCCCC)c2cc(-c3ccc(B4OC(C)(C)C(C)(C)O4)cc3)ccc2-c2ccc(-c3ccc(B4OC(C)(C)C(C)(C)O4)cc3)cc21.CCCCCCC1(CCCCCC)c2cc(-c3ccc(Br)cc3)ccc2-c2ccc(-c3ccc(Br)cc3)cc21. The van der Waals surface area contributed by atoms with Gasteiger partial charge in [-0.15, -0.1) is 0 Å². The van der Waals surface area contributed by atoms with E-state index in [1.165, 1.54) is 206 Å². The van der Waals surface area contributed by atoms with Gasteiger partial charge < -0.3 is 37.2 Å². The summed E-state index contributed by atoms with van der Waals surface area (Å²) in [6, 6.07) is 64.5. The maximum absolute atomic E-state index is 6.38. The minimum Gasteiger partial charge on any atom is -0.405 e. The highest BCUT2D eigenvalue weighted by atomic mass is 79.9. The molecule has 0 bridgehead atoms. The van der Waals surface area contributed by atoms with Crippen LogP contribution in [0.15, 0.2) is 179 Å². The Hall–Kier alpha value is -5.34. The second-order valence-corrected chi connectivity index (χ2v) is 39.0. The zero-order valence-corrected chi connectivity index (χ0v) is 74.8. The van der Waals surface area contributed by atoms with E-state index in [0.717, 1.165) is 19.9 Å². The van der Waals surface area contributed by atoms with Gasteiger partial charge in [0.15, 0.2) is 0 Å². The molecule has 4 saturated heterocycles. The van der Waals surface area contributed by atoms with Crippen LogP contribution in [-0.4, -0.2) is 73.1 Å². The van der Waals surface area contributed by atoms with E-state index in [0.29, 0.717) is 0 Å². The number of fused-ring (bicyclic) bond motifs is 6. The standard InChI is InChI=1S/C49H64B2O4.C37H40Br2.C12H24B2O4/c1-11-13-15-17-31-49(32-18-16-14-12-2)43-33-37(35-19-25-39(26-20-35)50-52-45(3,4)46(5,6)53-50)23-29-41(43)42-30-24-38(34-44(42)49)36-21-27-40(28-22-36)51-54-47(7,8)48(9,10)55-51;1-3-5-7-9-23-37(24-10-8-6-4-2)35-25-29(27-11-17-31(38)18-12-27)15-21-33(35)34-22-16-30(26-36(34)37)28-13-19-32(39)20-14-28;1-9(2)10(3,4)16-13(15-9)14-17-11(5,6)12(7,8)18-14/h19-30,33-34H,11-18,31-32H2,1-10H3;11-22,25-26H,3-10,23-24H2,1-2H3;1-8H3. The molecule has 4 heterocycles. The van der Waals surface area contributed by atoms with Crippen LogP contribution in [0.3, 0.4) is 0 Å². The lowest BCUT2D eigenvalue weighted by atomic mass is 9.49. The van der Waals surface area contributed by atoms with E-state index in [9.17, 15) is 0 Å². The van der Waals surface area contributed by atoms with E-state index in [2.05, 4.69) is 285 Å². The second-order valence-electron chi connectivity index (χ2n) is 37.1. The van der Waals surface area contributed by atoms with Gasteiger partial charge in [0.25, 0.3) is 0 Å². The van der Waals surface area contributed by atoms with Crippen LogP contribution < -0.4 is 10.9 Å². The van der Waals surface area contributed by atoms with Gasteiger partial charge in [0.1, 0.15) is 0 Å². The molecule has 0 radical (unpaired) electrons. The van der Waals surface area contributed by atoms with E-state index < -0.39 is 14.0 Å². The van der Waals surface area contributed by atoms with Crippen LogP contribution in [-0.2, 0) is 48.1 Å². The van der Waals surface area contributed by atoms with E-state index in [-0.39, 0.29) is 69.9 Å². The first kappa shape index (κ1) is 86.0. The molecule has 112 heavy (non-hydrogen) atoms. The molecule has 2 aliphatic carbocycles. The third-order valence-corrected chi connectivity index (χ3v) is 28.3. The van der Waals surface area contributed by atoms with Crippen molar-refractivity contribution in [2.24, 2.45) is 0 Å². The maximum atomic E-state index is 6.38. The lowest BCUT2D eigenvalue weighted by Crippen LogP contribution is -2.41. The quantitative estimate of drug-likeness (QED) is 0.0372. The summed E-state index contributed by atoms with van der Waals surface area (Å²) in [5.74, 6) is 0. The molecule has 0 unspecified atom stereocenters. The molecule has 8 aromatic rings. The normalized spacial score (nSPS) is 19.5. The van der Waals surface area contributed by atoms with Crippen molar-refractivity contribution in [1.82, 2.24) is 0 Å². The minimum absolute atomic E-state index is 0.0244. The Kier molecular flexibility index (Phi) is 26.6. The number of halogens is 2. The molecular formula is C98H128B4Br2O8. The number of rotatable bonds is 27. The molecule has 8 nitrogen and oxygen atoms in total. The summed E-state index contributed by atoms with van der Waals surface area (Å²) in [5, 5.41) is 0. The van der Waals surface area contributed by atoms with Crippen molar-refractivity contribution in [3.05, 3.63) is 201 Å². The fraction of sp³-hybridized carbons (Fsp3) is 0.510. The monoisotopic (exact) mass is 1630 g/mol. The summed E-state index contributed by atoms with van der Waals surface area (Å²) in [6.07, 6.45) is 25.3. The number of unbranched alkanes of at least 4 members (excludes halogenated alkanes) is 12.